The van der Waals surface area contributed by atoms with Crippen LogP contribution in [0.25, 0.3) is 0 Å². The van der Waals surface area contributed by atoms with Crippen LogP contribution in [-0.2, 0) is 6.54 Å². The van der Waals surface area contributed by atoms with E-state index in [1.54, 1.807) is 12.4 Å². The van der Waals surface area contributed by atoms with Crippen LogP contribution in [0.2, 0.25) is 5.02 Å². The first-order valence-electron chi connectivity index (χ1n) is 5.26. The van der Waals surface area contributed by atoms with Gasteiger partial charge in [-0.25, -0.2) is 9.97 Å². The third-order valence-electron chi connectivity index (χ3n) is 2.25. The number of imidazole rings is 1. The van der Waals surface area contributed by atoms with Crippen LogP contribution in [-0.4, -0.2) is 21.1 Å². The van der Waals surface area contributed by atoms with Crippen LogP contribution in [0.4, 0.5) is 5.82 Å². The zero-order chi connectivity index (χ0) is 12.1. The van der Waals surface area contributed by atoms with Crippen molar-refractivity contribution in [2.24, 2.45) is 0 Å². The van der Waals surface area contributed by atoms with Crippen molar-refractivity contribution in [3.05, 3.63) is 40.5 Å². The Labute approximate surface area is 113 Å². The molecule has 0 bridgehead atoms. The standard InChI is InChI=1S/C11H12BrClN4/c12-10-6-9(13)7-16-11(10)15-2-1-4-17-5-3-14-8-17/h3,5-8H,1-2,4H2,(H,15,16). The summed E-state index contributed by atoms with van der Waals surface area (Å²) in [4.78, 5) is 8.19. The van der Waals surface area contributed by atoms with E-state index in [4.69, 9.17) is 11.6 Å². The Bertz CT molecular complexity index is 472. The lowest BCUT2D eigenvalue weighted by molar-refractivity contribution is 0.660. The summed E-state index contributed by atoms with van der Waals surface area (Å²) in [5.74, 6) is 0.819. The maximum absolute atomic E-state index is 5.82. The topological polar surface area (TPSA) is 42.7 Å². The van der Waals surface area contributed by atoms with Gasteiger partial charge in [-0.3, -0.25) is 0 Å². The van der Waals surface area contributed by atoms with Crippen LogP contribution in [0, 0.1) is 0 Å². The number of halogens is 2. The predicted octanol–water partition coefficient (Wildman–Crippen LogP) is 3.20. The van der Waals surface area contributed by atoms with Crippen LogP contribution < -0.4 is 5.32 Å². The second kappa shape index (κ2) is 6.02. The van der Waals surface area contributed by atoms with E-state index in [9.17, 15) is 0 Å². The Morgan fingerprint density at radius 1 is 1.47 bits per heavy atom. The normalized spacial score (nSPS) is 10.5. The molecular weight excluding hydrogens is 304 g/mol. The van der Waals surface area contributed by atoms with Gasteiger partial charge >= 0.3 is 0 Å². The second-order valence-electron chi connectivity index (χ2n) is 3.56. The van der Waals surface area contributed by atoms with Gasteiger partial charge in [0.2, 0.25) is 0 Å². The Balaban J connectivity index is 1.78. The van der Waals surface area contributed by atoms with Gasteiger partial charge in [0.1, 0.15) is 5.82 Å². The van der Waals surface area contributed by atoms with Crippen molar-refractivity contribution in [2.45, 2.75) is 13.0 Å². The molecule has 2 aromatic heterocycles. The molecule has 0 saturated carbocycles. The summed E-state index contributed by atoms with van der Waals surface area (Å²) in [7, 11) is 0. The van der Waals surface area contributed by atoms with Crippen molar-refractivity contribution in [1.82, 2.24) is 14.5 Å². The maximum Gasteiger partial charge on any atom is 0.140 e. The largest absolute Gasteiger partial charge is 0.369 e. The highest BCUT2D eigenvalue weighted by atomic mass is 79.9. The van der Waals surface area contributed by atoms with Gasteiger partial charge in [-0.15, -0.1) is 0 Å². The summed E-state index contributed by atoms with van der Waals surface area (Å²) >= 11 is 9.23. The van der Waals surface area contributed by atoms with Crippen LogP contribution in [0.3, 0.4) is 0 Å². The average molecular weight is 316 g/mol. The number of aromatic nitrogens is 3. The van der Waals surface area contributed by atoms with E-state index in [2.05, 4.69) is 31.2 Å². The zero-order valence-corrected chi connectivity index (χ0v) is 11.4. The molecule has 0 fully saturated rings. The molecule has 0 aromatic carbocycles. The van der Waals surface area contributed by atoms with Crippen LogP contribution >= 0.6 is 27.5 Å². The Hall–Kier alpha value is -1.07. The van der Waals surface area contributed by atoms with Crippen molar-refractivity contribution >= 4 is 33.3 Å². The van der Waals surface area contributed by atoms with Gasteiger partial charge in [-0.1, -0.05) is 11.6 Å². The number of nitrogens with zero attached hydrogens (tertiary/aromatic N) is 3. The van der Waals surface area contributed by atoms with E-state index in [1.807, 2.05) is 23.2 Å². The minimum Gasteiger partial charge on any atom is -0.369 e. The number of hydrogen-bond acceptors (Lipinski definition) is 3. The molecule has 2 aromatic rings. The quantitative estimate of drug-likeness (QED) is 0.862. The highest BCUT2D eigenvalue weighted by Crippen LogP contribution is 2.22. The number of hydrogen-bond donors (Lipinski definition) is 1. The van der Waals surface area contributed by atoms with Gasteiger partial charge < -0.3 is 9.88 Å². The minimum absolute atomic E-state index is 0.626. The molecular formula is C11H12BrClN4. The summed E-state index contributed by atoms with van der Waals surface area (Å²) < 4.78 is 2.93. The summed E-state index contributed by atoms with van der Waals surface area (Å²) in [5, 5.41) is 3.88. The van der Waals surface area contributed by atoms with Crippen LogP contribution in [0.5, 0.6) is 0 Å². The average Bonchev–Trinajstić information content (AvgIpc) is 2.79. The molecule has 6 heteroatoms. The van der Waals surface area contributed by atoms with Crippen molar-refractivity contribution in [3.63, 3.8) is 0 Å². The minimum atomic E-state index is 0.626. The summed E-state index contributed by atoms with van der Waals surface area (Å²) in [6, 6.07) is 1.83. The molecule has 0 unspecified atom stereocenters. The Kier molecular flexibility index (Phi) is 4.39. The monoisotopic (exact) mass is 314 g/mol. The van der Waals surface area contributed by atoms with E-state index in [0.29, 0.717) is 5.02 Å². The lowest BCUT2D eigenvalue weighted by Gasteiger charge is -2.07. The number of pyridine rings is 1. The fraction of sp³-hybridized carbons (Fsp3) is 0.273. The van der Waals surface area contributed by atoms with E-state index in [0.717, 1.165) is 29.8 Å². The fourth-order valence-corrected chi connectivity index (χ4v) is 2.21. The summed E-state index contributed by atoms with van der Waals surface area (Å²) in [6.45, 7) is 1.80. The molecule has 2 rings (SSSR count). The van der Waals surface area contributed by atoms with Gasteiger partial charge in [0.15, 0.2) is 0 Å². The Morgan fingerprint density at radius 3 is 3.06 bits per heavy atom. The molecule has 90 valence electrons. The molecule has 1 N–H and O–H groups in total. The highest BCUT2D eigenvalue weighted by Gasteiger charge is 2.01. The SMILES string of the molecule is Clc1cnc(NCCCn2ccnc2)c(Br)c1. The molecule has 0 saturated heterocycles. The molecule has 0 aliphatic carbocycles. The summed E-state index contributed by atoms with van der Waals surface area (Å²) in [6.07, 6.45) is 8.19. The molecule has 2 heterocycles. The molecule has 17 heavy (non-hydrogen) atoms. The maximum atomic E-state index is 5.82. The van der Waals surface area contributed by atoms with E-state index < -0.39 is 0 Å². The number of rotatable bonds is 5. The number of nitrogens with one attached hydrogen (secondary N) is 1. The Morgan fingerprint density at radius 2 is 2.35 bits per heavy atom. The van der Waals surface area contributed by atoms with E-state index >= 15 is 0 Å². The molecule has 0 spiro atoms. The summed E-state index contributed by atoms with van der Waals surface area (Å²) in [5.41, 5.74) is 0. The smallest absolute Gasteiger partial charge is 0.140 e. The van der Waals surface area contributed by atoms with Crippen molar-refractivity contribution in [1.29, 1.82) is 0 Å². The predicted molar refractivity (Wildman–Crippen MR) is 72.3 cm³/mol. The third kappa shape index (κ3) is 3.71. The van der Waals surface area contributed by atoms with Crippen molar-refractivity contribution in [2.75, 3.05) is 11.9 Å². The second-order valence-corrected chi connectivity index (χ2v) is 4.86. The van der Waals surface area contributed by atoms with Crippen LogP contribution in [0.1, 0.15) is 6.42 Å². The highest BCUT2D eigenvalue weighted by molar-refractivity contribution is 9.10. The van der Waals surface area contributed by atoms with Gasteiger partial charge in [-0.2, -0.15) is 0 Å². The van der Waals surface area contributed by atoms with Crippen molar-refractivity contribution < 1.29 is 0 Å². The molecule has 0 radical (unpaired) electrons. The first kappa shape index (κ1) is 12.4. The van der Waals surface area contributed by atoms with Crippen molar-refractivity contribution in [3.8, 4) is 0 Å². The first-order chi connectivity index (χ1) is 8.25. The van der Waals surface area contributed by atoms with E-state index in [1.165, 1.54) is 0 Å². The number of aryl methyl sites for hydroxylation is 1. The van der Waals surface area contributed by atoms with Gasteiger partial charge in [0.05, 0.1) is 15.8 Å². The molecule has 4 nitrogen and oxygen atoms in total. The van der Waals surface area contributed by atoms with Gasteiger partial charge in [0.25, 0.3) is 0 Å². The lowest BCUT2D eigenvalue weighted by Crippen LogP contribution is -2.07. The third-order valence-corrected chi connectivity index (χ3v) is 3.06. The van der Waals surface area contributed by atoms with Gasteiger partial charge in [-0.05, 0) is 28.4 Å². The number of anilines is 1. The molecule has 0 atom stereocenters. The lowest BCUT2D eigenvalue weighted by atomic mass is 10.4. The first-order valence-corrected chi connectivity index (χ1v) is 6.43. The molecule has 0 aliphatic rings. The van der Waals surface area contributed by atoms with E-state index in [-0.39, 0.29) is 0 Å². The zero-order valence-electron chi connectivity index (χ0n) is 9.11. The fourth-order valence-electron chi connectivity index (χ4n) is 1.43. The molecule has 0 aliphatic heterocycles. The van der Waals surface area contributed by atoms with Crippen LogP contribution in [0.15, 0.2) is 35.5 Å². The molecule has 0 amide bonds. The van der Waals surface area contributed by atoms with Gasteiger partial charge in [0, 0.05) is 31.7 Å².